The lowest BCUT2D eigenvalue weighted by atomic mass is 10.1. The largest absolute Gasteiger partial charge is 0.478 e. The second-order valence-electron chi connectivity index (χ2n) is 5.22. The number of aryl methyl sites for hydroxylation is 1. The molecule has 1 unspecified atom stereocenters. The van der Waals surface area contributed by atoms with Crippen LogP contribution in [0.4, 0.5) is 5.82 Å². The lowest BCUT2D eigenvalue weighted by Gasteiger charge is -2.39. The van der Waals surface area contributed by atoms with E-state index in [0.717, 1.165) is 19.6 Å². The van der Waals surface area contributed by atoms with Crippen LogP contribution in [-0.4, -0.2) is 58.9 Å². The molecular formula is C13H20N4O2. The minimum Gasteiger partial charge on any atom is -0.478 e. The lowest BCUT2D eigenvalue weighted by Crippen LogP contribution is -2.51. The number of aromatic carboxylic acids is 1. The molecule has 1 atom stereocenters. The summed E-state index contributed by atoms with van der Waals surface area (Å²) in [5, 5.41) is 17.7. The number of carbonyl (C=O) groups is 1. The zero-order valence-electron chi connectivity index (χ0n) is 11.8. The first kappa shape index (κ1) is 13.7. The van der Waals surface area contributed by atoms with Crippen molar-refractivity contribution in [2.45, 2.75) is 26.8 Å². The molecular weight excluding hydrogens is 244 g/mol. The third kappa shape index (κ3) is 2.53. The number of likely N-dealkylation sites (N-methyl/N-ethyl adjacent to an activating group) is 1. The molecule has 0 spiro atoms. The molecule has 1 aliphatic heterocycles. The van der Waals surface area contributed by atoms with Gasteiger partial charge in [0.1, 0.15) is 5.56 Å². The summed E-state index contributed by atoms with van der Waals surface area (Å²) in [5.41, 5.74) is 1.65. The van der Waals surface area contributed by atoms with E-state index in [1.54, 1.807) is 13.8 Å². The van der Waals surface area contributed by atoms with Crippen molar-refractivity contribution >= 4 is 11.8 Å². The van der Waals surface area contributed by atoms with Crippen molar-refractivity contribution in [1.29, 1.82) is 0 Å². The summed E-state index contributed by atoms with van der Waals surface area (Å²) < 4.78 is 0. The van der Waals surface area contributed by atoms with Crippen molar-refractivity contribution in [2.75, 3.05) is 31.6 Å². The highest BCUT2D eigenvalue weighted by Crippen LogP contribution is 2.25. The number of hydrogen-bond acceptors (Lipinski definition) is 5. The molecule has 1 fully saturated rings. The molecule has 0 aliphatic carbocycles. The van der Waals surface area contributed by atoms with Gasteiger partial charge >= 0.3 is 5.97 Å². The van der Waals surface area contributed by atoms with Gasteiger partial charge in [0, 0.05) is 25.7 Å². The molecule has 0 radical (unpaired) electrons. The van der Waals surface area contributed by atoms with Crippen LogP contribution in [0.2, 0.25) is 0 Å². The standard InChI is InChI=1S/C13H20N4O2/c1-8-7-16(4)5-6-17(8)12-11(13(18)19)9(2)10(3)14-15-12/h8H,5-7H2,1-4H3,(H,18,19). The van der Waals surface area contributed by atoms with Crippen molar-refractivity contribution in [1.82, 2.24) is 15.1 Å². The van der Waals surface area contributed by atoms with E-state index in [4.69, 9.17) is 0 Å². The van der Waals surface area contributed by atoms with E-state index in [-0.39, 0.29) is 11.6 Å². The summed E-state index contributed by atoms with van der Waals surface area (Å²) in [7, 11) is 2.07. The molecule has 1 N–H and O–H groups in total. The molecule has 0 aromatic carbocycles. The molecule has 0 amide bonds. The van der Waals surface area contributed by atoms with Gasteiger partial charge in [0.2, 0.25) is 0 Å². The molecule has 1 aromatic heterocycles. The van der Waals surface area contributed by atoms with Crippen LogP contribution < -0.4 is 4.90 Å². The number of nitrogens with zero attached hydrogens (tertiary/aromatic N) is 4. The summed E-state index contributed by atoms with van der Waals surface area (Å²) in [6.45, 7) is 8.22. The lowest BCUT2D eigenvalue weighted by molar-refractivity contribution is 0.0695. The van der Waals surface area contributed by atoms with Crippen LogP contribution in [0.15, 0.2) is 0 Å². The molecule has 1 aromatic rings. The Kier molecular flexibility index (Phi) is 3.71. The fourth-order valence-electron chi connectivity index (χ4n) is 2.51. The first-order valence-electron chi connectivity index (χ1n) is 6.44. The van der Waals surface area contributed by atoms with Gasteiger partial charge in [-0.3, -0.25) is 0 Å². The maximum absolute atomic E-state index is 11.5. The SMILES string of the molecule is Cc1nnc(N2CCN(C)CC2C)c(C(=O)O)c1C. The highest BCUT2D eigenvalue weighted by Gasteiger charge is 2.28. The van der Waals surface area contributed by atoms with Gasteiger partial charge in [-0.05, 0) is 33.4 Å². The second kappa shape index (κ2) is 5.13. The van der Waals surface area contributed by atoms with Gasteiger partial charge in [-0.2, -0.15) is 5.10 Å². The Labute approximate surface area is 113 Å². The van der Waals surface area contributed by atoms with Crippen molar-refractivity contribution in [3.05, 3.63) is 16.8 Å². The van der Waals surface area contributed by atoms with Gasteiger partial charge in [0.15, 0.2) is 5.82 Å². The van der Waals surface area contributed by atoms with Gasteiger partial charge in [0.25, 0.3) is 0 Å². The predicted octanol–water partition coefficient (Wildman–Crippen LogP) is 0.932. The molecule has 104 valence electrons. The Morgan fingerprint density at radius 2 is 2.00 bits per heavy atom. The summed E-state index contributed by atoms with van der Waals surface area (Å²) >= 11 is 0. The molecule has 1 aliphatic rings. The highest BCUT2D eigenvalue weighted by molar-refractivity contribution is 5.95. The fourth-order valence-corrected chi connectivity index (χ4v) is 2.51. The van der Waals surface area contributed by atoms with Crippen molar-refractivity contribution < 1.29 is 9.90 Å². The van der Waals surface area contributed by atoms with E-state index in [0.29, 0.717) is 17.1 Å². The van der Waals surface area contributed by atoms with E-state index in [2.05, 4.69) is 29.1 Å². The number of piperazine rings is 1. The van der Waals surface area contributed by atoms with Crippen LogP contribution >= 0.6 is 0 Å². The minimum absolute atomic E-state index is 0.230. The number of aromatic nitrogens is 2. The van der Waals surface area contributed by atoms with Crippen molar-refractivity contribution in [3.8, 4) is 0 Å². The third-order valence-electron chi connectivity index (χ3n) is 3.75. The number of hydrogen-bond donors (Lipinski definition) is 1. The molecule has 0 saturated carbocycles. The summed E-state index contributed by atoms with van der Waals surface area (Å²) in [4.78, 5) is 15.8. The van der Waals surface area contributed by atoms with Gasteiger partial charge < -0.3 is 14.9 Å². The topological polar surface area (TPSA) is 69.6 Å². The van der Waals surface area contributed by atoms with Gasteiger partial charge in [0.05, 0.1) is 5.69 Å². The Balaban J connectivity index is 2.45. The first-order valence-corrected chi connectivity index (χ1v) is 6.44. The number of carboxylic acids is 1. The number of carboxylic acid groups (broad SMARTS) is 1. The number of rotatable bonds is 2. The first-order chi connectivity index (χ1) is 8.91. The average Bonchev–Trinajstić information content (AvgIpc) is 2.32. The maximum Gasteiger partial charge on any atom is 0.339 e. The minimum atomic E-state index is -0.934. The Morgan fingerprint density at radius 1 is 1.32 bits per heavy atom. The molecule has 0 bridgehead atoms. The highest BCUT2D eigenvalue weighted by atomic mass is 16.4. The number of anilines is 1. The van der Waals surface area contributed by atoms with Gasteiger partial charge in [-0.25, -0.2) is 4.79 Å². The Bertz CT molecular complexity index is 504. The fraction of sp³-hybridized carbons (Fsp3) is 0.615. The molecule has 2 heterocycles. The second-order valence-corrected chi connectivity index (χ2v) is 5.22. The van der Waals surface area contributed by atoms with E-state index >= 15 is 0 Å². The molecule has 2 rings (SSSR count). The van der Waals surface area contributed by atoms with Crippen LogP contribution in [0, 0.1) is 13.8 Å². The average molecular weight is 264 g/mol. The van der Waals surface area contributed by atoms with Crippen LogP contribution in [0.25, 0.3) is 0 Å². The molecule has 6 nitrogen and oxygen atoms in total. The van der Waals surface area contributed by atoms with Crippen LogP contribution in [0.3, 0.4) is 0 Å². The Hall–Kier alpha value is -1.69. The van der Waals surface area contributed by atoms with E-state index in [9.17, 15) is 9.90 Å². The monoisotopic (exact) mass is 264 g/mol. The van der Waals surface area contributed by atoms with Gasteiger partial charge in [-0.1, -0.05) is 0 Å². The molecule has 6 heteroatoms. The van der Waals surface area contributed by atoms with Crippen molar-refractivity contribution in [2.24, 2.45) is 0 Å². The smallest absolute Gasteiger partial charge is 0.339 e. The summed E-state index contributed by atoms with van der Waals surface area (Å²) in [6.07, 6.45) is 0. The normalized spacial score (nSPS) is 20.6. The van der Waals surface area contributed by atoms with Crippen LogP contribution in [0.1, 0.15) is 28.5 Å². The zero-order valence-corrected chi connectivity index (χ0v) is 11.8. The van der Waals surface area contributed by atoms with E-state index in [1.807, 2.05) is 4.90 Å². The third-order valence-corrected chi connectivity index (χ3v) is 3.75. The predicted molar refractivity (Wildman–Crippen MR) is 72.8 cm³/mol. The quantitative estimate of drug-likeness (QED) is 0.857. The molecule has 19 heavy (non-hydrogen) atoms. The van der Waals surface area contributed by atoms with Crippen LogP contribution in [-0.2, 0) is 0 Å². The Morgan fingerprint density at radius 3 is 2.58 bits per heavy atom. The maximum atomic E-state index is 11.5. The van der Waals surface area contributed by atoms with Crippen molar-refractivity contribution in [3.63, 3.8) is 0 Å². The van der Waals surface area contributed by atoms with E-state index in [1.165, 1.54) is 0 Å². The van der Waals surface area contributed by atoms with Gasteiger partial charge in [-0.15, -0.1) is 5.10 Å². The van der Waals surface area contributed by atoms with E-state index < -0.39 is 5.97 Å². The zero-order chi connectivity index (χ0) is 14.2. The summed E-state index contributed by atoms with van der Waals surface area (Å²) in [6, 6.07) is 0.230. The molecule has 1 saturated heterocycles. The summed E-state index contributed by atoms with van der Waals surface area (Å²) in [5.74, 6) is -0.437. The van der Waals surface area contributed by atoms with Crippen LogP contribution in [0.5, 0.6) is 0 Å².